The third-order valence-electron chi connectivity index (χ3n) is 4.93. The van der Waals surface area contributed by atoms with E-state index in [0.29, 0.717) is 5.92 Å². The summed E-state index contributed by atoms with van der Waals surface area (Å²) in [4.78, 5) is 18.3. The summed E-state index contributed by atoms with van der Waals surface area (Å²) in [6, 6.07) is 8.06. The zero-order valence-electron chi connectivity index (χ0n) is 18.5. The van der Waals surface area contributed by atoms with Crippen molar-refractivity contribution in [3.63, 3.8) is 0 Å². The van der Waals surface area contributed by atoms with E-state index in [-0.39, 0.29) is 6.09 Å². The molecule has 0 bridgehead atoms. The third kappa shape index (κ3) is 7.83. The standard InChI is InChI=1S/C22H36N4O3/c1-22(2,3)29-21(27)26-14-11-17(12-15-26)16-25-20(23-4)24-13-10-18-8-6-7-9-19(18)28-5/h6-9,17H,10-16H2,1-5H3,(H2,23,24,25). The highest BCUT2D eigenvalue weighted by molar-refractivity contribution is 5.79. The molecule has 2 N–H and O–H groups in total. The minimum Gasteiger partial charge on any atom is -0.496 e. The molecule has 1 aliphatic heterocycles. The van der Waals surface area contributed by atoms with Crippen LogP contribution in [0.4, 0.5) is 4.79 Å². The summed E-state index contributed by atoms with van der Waals surface area (Å²) in [5, 5.41) is 6.77. The predicted molar refractivity (Wildman–Crippen MR) is 117 cm³/mol. The number of hydrogen-bond acceptors (Lipinski definition) is 4. The SMILES string of the molecule is CN=C(NCCc1ccccc1OC)NCC1CCN(C(=O)OC(C)(C)C)CC1. The Labute approximate surface area is 174 Å². The molecule has 7 nitrogen and oxygen atoms in total. The zero-order chi connectivity index (χ0) is 21.3. The zero-order valence-corrected chi connectivity index (χ0v) is 18.5. The van der Waals surface area contributed by atoms with Crippen LogP contribution in [0.3, 0.4) is 0 Å². The van der Waals surface area contributed by atoms with Gasteiger partial charge in [-0.1, -0.05) is 18.2 Å². The van der Waals surface area contributed by atoms with Gasteiger partial charge < -0.3 is 25.0 Å². The van der Waals surface area contributed by atoms with Crippen molar-refractivity contribution in [1.29, 1.82) is 0 Å². The van der Waals surface area contributed by atoms with Crippen LogP contribution in [-0.2, 0) is 11.2 Å². The first-order valence-corrected chi connectivity index (χ1v) is 10.4. The molecule has 1 saturated heterocycles. The monoisotopic (exact) mass is 404 g/mol. The van der Waals surface area contributed by atoms with E-state index >= 15 is 0 Å². The van der Waals surface area contributed by atoms with Crippen molar-refractivity contribution < 1.29 is 14.3 Å². The molecule has 2 rings (SSSR count). The third-order valence-corrected chi connectivity index (χ3v) is 4.93. The molecule has 1 fully saturated rings. The van der Waals surface area contributed by atoms with Crippen LogP contribution in [-0.4, -0.2) is 62.9 Å². The molecule has 0 spiro atoms. The van der Waals surface area contributed by atoms with E-state index in [1.807, 2.05) is 43.9 Å². The van der Waals surface area contributed by atoms with E-state index < -0.39 is 5.60 Å². The number of carbonyl (C=O) groups excluding carboxylic acids is 1. The highest BCUT2D eigenvalue weighted by atomic mass is 16.6. The summed E-state index contributed by atoms with van der Waals surface area (Å²) in [5.74, 6) is 2.23. The summed E-state index contributed by atoms with van der Waals surface area (Å²) in [5.41, 5.74) is 0.727. The lowest BCUT2D eigenvalue weighted by Gasteiger charge is -2.33. The van der Waals surface area contributed by atoms with Crippen LogP contribution in [0.1, 0.15) is 39.2 Å². The number of nitrogens with zero attached hydrogens (tertiary/aromatic N) is 2. The Morgan fingerprint density at radius 2 is 1.90 bits per heavy atom. The van der Waals surface area contributed by atoms with Crippen LogP contribution in [0.25, 0.3) is 0 Å². The quantitative estimate of drug-likeness (QED) is 0.563. The molecule has 1 amide bonds. The van der Waals surface area contributed by atoms with Gasteiger partial charge in [-0.05, 0) is 57.6 Å². The molecule has 0 unspecified atom stereocenters. The molecule has 0 radical (unpaired) electrons. The van der Waals surface area contributed by atoms with Gasteiger partial charge in [0.1, 0.15) is 11.4 Å². The van der Waals surface area contributed by atoms with Gasteiger partial charge in [0.15, 0.2) is 5.96 Å². The van der Waals surface area contributed by atoms with Crippen molar-refractivity contribution in [3.8, 4) is 5.75 Å². The predicted octanol–water partition coefficient (Wildman–Crippen LogP) is 3.05. The van der Waals surface area contributed by atoms with Crippen molar-refractivity contribution in [2.24, 2.45) is 10.9 Å². The van der Waals surface area contributed by atoms with E-state index in [1.54, 1.807) is 14.2 Å². The Morgan fingerprint density at radius 1 is 1.21 bits per heavy atom. The second kappa shape index (κ2) is 10.9. The number of nitrogens with one attached hydrogen (secondary N) is 2. The fraction of sp³-hybridized carbons (Fsp3) is 0.636. The summed E-state index contributed by atoms with van der Waals surface area (Å²) in [6.45, 7) is 8.78. The number of aliphatic imine (C=N–C) groups is 1. The number of piperidine rings is 1. The van der Waals surface area contributed by atoms with Gasteiger partial charge in [0.2, 0.25) is 0 Å². The fourth-order valence-corrected chi connectivity index (χ4v) is 3.33. The maximum Gasteiger partial charge on any atom is 0.410 e. The number of hydrogen-bond donors (Lipinski definition) is 2. The largest absolute Gasteiger partial charge is 0.496 e. The van der Waals surface area contributed by atoms with Crippen molar-refractivity contribution in [2.45, 2.75) is 45.6 Å². The van der Waals surface area contributed by atoms with E-state index in [9.17, 15) is 4.79 Å². The van der Waals surface area contributed by atoms with Crippen LogP contribution < -0.4 is 15.4 Å². The lowest BCUT2D eigenvalue weighted by Crippen LogP contribution is -2.45. The lowest BCUT2D eigenvalue weighted by atomic mass is 9.97. The molecule has 0 saturated carbocycles. The first-order valence-electron chi connectivity index (χ1n) is 10.4. The van der Waals surface area contributed by atoms with Crippen molar-refractivity contribution in [3.05, 3.63) is 29.8 Å². The smallest absolute Gasteiger partial charge is 0.410 e. The van der Waals surface area contributed by atoms with Crippen LogP contribution in [0.15, 0.2) is 29.3 Å². The van der Waals surface area contributed by atoms with Gasteiger partial charge >= 0.3 is 6.09 Å². The topological polar surface area (TPSA) is 75.2 Å². The highest BCUT2D eigenvalue weighted by Crippen LogP contribution is 2.19. The second-order valence-corrected chi connectivity index (χ2v) is 8.35. The van der Waals surface area contributed by atoms with Crippen molar-refractivity contribution >= 4 is 12.1 Å². The molecule has 29 heavy (non-hydrogen) atoms. The molecule has 1 aliphatic rings. The number of rotatable bonds is 6. The van der Waals surface area contributed by atoms with Crippen LogP contribution >= 0.6 is 0 Å². The number of amides is 1. The van der Waals surface area contributed by atoms with Crippen molar-refractivity contribution in [2.75, 3.05) is 40.3 Å². The van der Waals surface area contributed by atoms with E-state index in [4.69, 9.17) is 9.47 Å². The number of ether oxygens (including phenoxy) is 2. The number of likely N-dealkylation sites (tertiary alicyclic amines) is 1. The van der Waals surface area contributed by atoms with Gasteiger partial charge in [0, 0.05) is 33.2 Å². The average molecular weight is 405 g/mol. The average Bonchev–Trinajstić information content (AvgIpc) is 2.70. The molecule has 1 aromatic carbocycles. The molecular weight excluding hydrogens is 368 g/mol. The number of guanidine groups is 1. The molecule has 0 aliphatic carbocycles. The molecular formula is C22H36N4O3. The fourth-order valence-electron chi connectivity index (χ4n) is 3.33. The summed E-state index contributed by atoms with van der Waals surface area (Å²) in [6.07, 6.45) is 2.58. The van der Waals surface area contributed by atoms with E-state index in [1.165, 1.54) is 5.56 Å². The van der Waals surface area contributed by atoms with Gasteiger partial charge in [-0.15, -0.1) is 0 Å². The number of benzene rings is 1. The van der Waals surface area contributed by atoms with Crippen LogP contribution in [0, 0.1) is 5.92 Å². The Bertz CT molecular complexity index is 677. The Morgan fingerprint density at radius 3 is 2.52 bits per heavy atom. The minimum absolute atomic E-state index is 0.210. The van der Waals surface area contributed by atoms with Gasteiger partial charge in [-0.2, -0.15) is 0 Å². The van der Waals surface area contributed by atoms with Crippen LogP contribution in [0.2, 0.25) is 0 Å². The van der Waals surface area contributed by atoms with Gasteiger partial charge in [-0.25, -0.2) is 4.79 Å². The van der Waals surface area contributed by atoms with Crippen LogP contribution in [0.5, 0.6) is 5.75 Å². The Hall–Kier alpha value is -2.44. The number of methoxy groups -OCH3 is 1. The van der Waals surface area contributed by atoms with Crippen molar-refractivity contribution in [1.82, 2.24) is 15.5 Å². The summed E-state index contributed by atoms with van der Waals surface area (Å²) < 4.78 is 10.9. The Kier molecular flexibility index (Phi) is 8.61. The molecule has 0 aromatic heterocycles. The van der Waals surface area contributed by atoms with Gasteiger partial charge in [0.05, 0.1) is 7.11 Å². The van der Waals surface area contributed by atoms with E-state index in [0.717, 1.165) is 57.2 Å². The first-order chi connectivity index (χ1) is 13.8. The second-order valence-electron chi connectivity index (χ2n) is 8.35. The molecule has 1 heterocycles. The maximum atomic E-state index is 12.2. The lowest BCUT2D eigenvalue weighted by molar-refractivity contribution is 0.0185. The molecule has 1 aromatic rings. The first kappa shape index (κ1) is 22.8. The summed E-state index contributed by atoms with van der Waals surface area (Å²) in [7, 11) is 3.48. The Balaban J connectivity index is 1.69. The molecule has 7 heteroatoms. The highest BCUT2D eigenvalue weighted by Gasteiger charge is 2.26. The number of para-hydroxylation sites is 1. The number of carbonyl (C=O) groups is 1. The van der Waals surface area contributed by atoms with Gasteiger partial charge in [0.25, 0.3) is 0 Å². The maximum absolute atomic E-state index is 12.2. The summed E-state index contributed by atoms with van der Waals surface area (Å²) >= 11 is 0. The molecule has 162 valence electrons. The van der Waals surface area contributed by atoms with E-state index in [2.05, 4.69) is 21.7 Å². The minimum atomic E-state index is -0.447. The molecule has 0 atom stereocenters. The van der Waals surface area contributed by atoms with Gasteiger partial charge in [-0.3, -0.25) is 4.99 Å². The normalized spacial score (nSPS) is 15.8.